The molecule has 0 saturated carbocycles. The largest absolute Gasteiger partial charge is 0.493 e. The lowest BCUT2D eigenvalue weighted by Gasteiger charge is -2.16. The SMILES string of the molecule is CCNC(=NCC(C)Oc1ccccc1OC)NCCc1coc(-c2ccc(F)cc2)n1. The van der Waals surface area contributed by atoms with Crippen LogP contribution >= 0.6 is 0 Å². The van der Waals surface area contributed by atoms with Gasteiger partial charge in [0.05, 0.1) is 19.3 Å². The third-order valence-corrected chi connectivity index (χ3v) is 4.56. The first kappa shape index (κ1) is 23.1. The fraction of sp³-hybridized carbons (Fsp3) is 0.333. The fourth-order valence-corrected chi connectivity index (χ4v) is 2.99. The van der Waals surface area contributed by atoms with Crippen molar-refractivity contribution in [2.24, 2.45) is 4.99 Å². The van der Waals surface area contributed by atoms with Crippen molar-refractivity contribution < 1.29 is 18.3 Å². The summed E-state index contributed by atoms with van der Waals surface area (Å²) in [5, 5.41) is 6.52. The average Bonchev–Trinajstić information content (AvgIpc) is 3.27. The first-order chi connectivity index (χ1) is 15.6. The summed E-state index contributed by atoms with van der Waals surface area (Å²) in [6.07, 6.45) is 2.14. The number of rotatable bonds is 10. The van der Waals surface area contributed by atoms with E-state index in [9.17, 15) is 4.39 Å². The number of nitrogens with zero attached hydrogens (tertiary/aromatic N) is 2. The quantitative estimate of drug-likeness (QED) is 0.366. The maximum atomic E-state index is 13.1. The van der Waals surface area contributed by atoms with Gasteiger partial charge in [0.25, 0.3) is 0 Å². The Morgan fingerprint density at radius 1 is 1.12 bits per heavy atom. The Kier molecular flexibility index (Phi) is 8.48. The minimum atomic E-state index is -0.289. The zero-order chi connectivity index (χ0) is 22.8. The van der Waals surface area contributed by atoms with Gasteiger partial charge in [0.15, 0.2) is 17.5 Å². The number of aliphatic imine (C=N–C) groups is 1. The molecule has 0 aliphatic rings. The van der Waals surface area contributed by atoms with Gasteiger partial charge in [-0.25, -0.2) is 14.4 Å². The molecule has 3 rings (SSSR count). The third-order valence-electron chi connectivity index (χ3n) is 4.56. The molecule has 0 bridgehead atoms. The maximum absolute atomic E-state index is 13.1. The van der Waals surface area contributed by atoms with Crippen LogP contribution < -0.4 is 20.1 Å². The normalized spacial score (nSPS) is 12.3. The number of hydrogen-bond acceptors (Lipinski definition) is 5. The van der Waals surface area contributed by atoms with E-state index < -0.39 is 0 Å². The van der Waals surface area contributed by atoms with Crippen LogP contribution in [-0.2, 0) is 6.42 Å². The van der Waals surface area contributed by atoms with Gasteiger partial charge < -0.3 is 24.5 Å². The highest BCUT2D eigenvalue weighted by molar-refractivity contribution is 5.79. The molecule has 1 aromatic heterocycles. The summed E-state index contributed by atoms with van der Waals surface area (Å²) in [6.45, 7) is 5.83. The molecule has 0 radical (unpaired) electrons. The molecule has 0 spiro atoms. The van der Waals surface area contributed by atoms with Gasteiger partial charge in [0.2, 0.25) is 5.89 Å². The first-order valence-electron chi connectivity index (χ1n) is 10.6. The molecule has 2 N–H and O–H groups in total. The molecule has 0 saturated heterocycles. The molecule has 3 aromatic rings. The van der Waals surface area contributed by atoms with Crippen molar-refractivity contribution in [2.45, 2.75) is 26.4 Å². The number of nitrogens with one attached hydrogen (secondary N) is 2. The Labute approximate surface area is 187 Å². The Hall–Kier alpha value is -3.55. The second-order valence-electron chi connectivity index (χ2n) is 7.13. The number of para-hydroxylation sites is 2. The van der Waals surface area contributed by atoms with Gasteiger partial charge >= 0.3 is 0 Å². The molecule has 1 atom stereocenters. The van der Waals surface area contributed by atoms with Gasteiger partial charge in [-0.2, -0.15) is 0 Å². The summed E-state index contributed by atoms with van der Waals surface area (Å²) in [5.41, 5.74) is 1.55. The lowest BCUT2D eigenvalue weighted by atomic mass is 10.2. The van der Waals surface area contributed by atoms with E-state index in [1.165, 1.54) is 12.1 Å². The molecular weight excluding hydrogens is 411 g/mol. The molecule has 8 heteroatoms. The third kappa shape index (κ3) is 6.73. The Morgan fingerprint density at radius 2 is 1.88 bits per heavy atom. The van der Waals surface area contributed by atoms with Crippen molar-refractivity contribution in [1.29, 1.82) is 0 Å². The number of benzene rings is 2. The molecular formula is C24H29FN4O3. The van der Waals surface area contributed by atoms with Crippen molar-refractivity contribution in [3.05, 3.63) is 66.3 Å². The van der Waals surface area contributed by atoms with Crippen LogP contribution in [0, 0.1) is 5.82 Å². The van der Waals surface area contributed by atoms with Crippen LogP contribution in [0.5, 0.6) is 11.5 Å². The van der Waals surface area contributed by atoms with Crippen molar-refractivity contribution >= 4 is 5.96 Å². The highest BCUT2D eigenvalue weighted by Crippen LogP contribution is 2.26. The minimum Gasteiger partial charge on any atom is -0.493 e. The standard InChI is InChI=1S/C24H29FN4O3/c1-4-26-24(28-15-17(2)32-22-8-6-5-7-21(22)30-3)27-14-13-20-16-31-23(29-20)18-9-11-19(25)12-10-18/h5-12,16-17H,4,13-15H2,1-3H3,(H2,26,27,28). The average molecular weight is 441 g/mol. The topological polar surface area (TPSA) is 80.9 Å². The molecule has 1 unspecified atom stereocenters. The highest BCUT2D eigenvalue weighted by Gasteiger charge is 2.10. The van der Waals surface area contributed by atoms with E-state index in [4.69, 9.17) is 13.9 Å². The molecule has 2 aromatic carbocycles. The van der Waals surface area contributed by atoms with Crippen molar-refractivity contribution in [3.63, 3.8) is 0 Å². The minimum absolute atomic E-state index is 0.129. The molecule has 1 heterocycles. The number of halogens is 1. The van der Waals surface area contributed by atoms with Crippen LogP contribution in [-0.4, -0.2) is 43.8 Å². The zero-order valence-electron chi connectivity index (χ0n) is 18.6. The van der Waals surface area contributed by atoms with Crippen LogP contribution in [0.25, 0.3) is 11.5 Å². The Balaban J connectivity index is 1.50. The molecule has 0 fully saturated rings. The molecule has 170 valence electrons. The van der Waals surface area contributed by atoms with E-state index >= 15 is 0 Å². The lowest BCUT2D eigenvalue weighted by Crippen LogP contribution is -2.39. The highest BCUT2D eigenvalue weighted by atomic mass is 19.1. The summed E-state index contributed by atoms with van der Waals surface area (Å²) in [6, 6.07) is 13.6. The fourth-order valence-electron chi connectivity index (χ4n) is 2.99. The van der Waals surface area contributed by atoms with Crippen LogP contribution in [0.3, 0.4) is 0 Å². The molecule has 32 heavy (non-hydrogen) atoms. The van der Waals surface area contributed by atoms with Crippen molar-refractivity contribution in [2.75, 3.05) is 26.7 Å². The molecule has 0 aliphatic carbocycles. The Bertz CT molecular complexity index is 1000. The van der Waals surface area contributed by atoms with Crippen LogP contribution in [0.15, 0.2) is 64.2 Å². The first-order valence-corrected chi connectivity index (χ1v) is 10.6. The molecule has 0 amide bonds. The predicted molar refractivity (Wildman–Crippen MR) is 123 cm³/mol. The number of methoxy groups -OCH3 is 1. The van der Waals surface area contributed by atoms with E-state index in [-0.39, 0.29) is 11.9 Å². The van der Waals surface area contributed by atoms with Gasteiger partial charge in [0.1, 0.15) is 18.2 Å². The summed E-state index contributed by atoms with van der Waals surface area (Å²) in [7, 11) is 1.62. The zero-order valence-corrected chi connectivity index (χ0v) is 18.6. The van der Waals surface area contributed by atoms with Gasteiger partial charge in [0, 0.05) is 25.1 Å². The van der Waals surface area contributed by atoms with E-state index in [2.05, 4.69) is 20.6 Å². The monoisotopic (exact) mass is 440 g/mol. The van der Waals surface area contributed by atoms with Crippen molar-refractivity contribution in [1.82, 2.24) is 15.6 Å². The molecule has 7 nitrogen and oxygen atoms in total. The second-order valence-corrected chi connectivity index (χ2v) is 7.13. The van der Waals surface area contributed by atoms with E-state index in [1.54, 1.807) is 25.5 Å². The summed E-state index contributed by atoms with van der Waals surface area (Å²) >= 11 is 0. The number of hydrogen-bond donors (Lipinski definition) is 2. The van der Waals surface area contributed by atoms with Gasteiger partial charge in [-0.05, 0) is 50.2 Å². The van der Waals surface area contributed by atoms with E-state index in [0.717, 1.165) is 17.8 Å². The summed E-state index contributed by atoms with van der Waals surface area (Å²) < 4.78 is 29.9. The maximum Gasteiger partial charge on any atom is 0.226 e. The molecule has 0 aliphatic heterocycles. The number of aromatic nitrogens is 1. The summed E-state index contributed by atoms with van der Waals surface area (Å²) in [4.78, 5) is 9.08. The van der Waals surface area contributed by atoms with Gasteiger partial charge in [-0.15, -0.1) is 0 Å². The van der Waals surface area contributed by atoms with E-state index in [0.29, 0.717) is 42.9 Å². The number of guanidine groups is 1. The van der Waals surface area contributed by atoms with Crippen LogP contribution in [0.4, 0.5) is 4.39 Å². The van der Waals surface area contributed by atoms with Crippen LogP contribution in [0.1, 0.15) is 19.5 Å². The Morgan fingerprint density at radius 3 is 2.59 bits per heavy atom. The van der Waals surface area contributed by atoms with Crippen molar-refractivity contribution in [3.8, 4) is 23.0 Å². The number of ether oxygens (including phenoxy) is 2. The predicted octanol–water partition coefficient (Wildman–Crippen LogP) is 4.05. The van der Waals surface area contributed by atoms with Gasteiger partial charge in [-0.3, -0.25) is 0 Å². The van der Waals surface area contributed by atoms with Gasteiger partial charge in [-0.1, -0.05) is 12.1 Å². The number of oxazole rings is 1. The second kappa shape index (κ2) is 11.7. The van der Waals surface area contributed by atoms with E-state index in [1.807, 2.05) is 38.1 Å². The smallest absolute Gasteiger partial charge is 0.226 e. The summed E-state index contributed by atoms with van der Waals surface area (Å²) in [5.74, 6) is 2.27. The lowest BCUT2D eigenvalue weighted by molar-refractivity contribution is 0.219. The van der Waals surface area contributed by atoms with Crippen LogP contribution in [0.2, 0.25) is 0 Å².